The third-order valence-corrected chi connectivity index (χ3v) is 4.52. The number of para-hydroxylation sites is 2. The van der Waals surface area contributed by atoms with Crippen LogP contribution < -0.4 is 20.3 Å². The van der Waals surface area contributed by atoms with E-state index in [1.807, 2.05) is 51.1 Å². The Kier molecular flexibility index (Phi) is 6.11. The summed E-state index contributed by atoms with van der Waals surface area (Å²) in [5, 5.41) is 5.95. The van der Waals surface area contributed by atoms with Crippen molar-refractivity contribution in [3.8, 4) is 5.75 Å². The van der Waals surface area contributed by atoms with Crippen molar-refractivity contribution < 1.29 is 9.53 Å². The lowest BCUT2D eigenvalue weighted by Crippen LogP contribution is -2.46. The van der Waals surface area contributed by atoms with Crippen LogP contribution in [0.2, 0.25) is 0 Å². The number of nitrogens with zero attached hydrogens (tertiary/aromatic N) is 3. The van der Waals surface area contributed by atoms with Gasteiger partial charge in [-0.2, -0.15) is 0 Å². The fourth-order valence-corrected chi connectivity index (χ4v) is 3.27. The van der Waals surface area contributed by atoms with Crippen molar-refractivity contribution in [2.24, 2.45) is 0 Å². The zero-order chi connectivity index (χ0) is 19.2. The molecule has 2 N–H and O–H groups in total. The molecule has 0 radical (unpaired) electrons. The number of rotatable bonds is 5. The van der Waals surface area contributed by atoms with Crippen LogP contribution in [0.3, 0.4) is 0 Å². The quantitative estimate of drug-likeness (QED) is 0.845. The van der Waals surface area contributed by atoms with E-state index in [2.05, 4.69) is 25.5 Å². The van der Waals surface area contributed by atoms with Gasteiger partial charge >= 0.3 is 6.03 Å². The van der Waals surface area contributed by atoms with Crippen molar-refractivity contribution in [2.75, 3.05) is 29.9 Å². The predicted octanol–water partition coefficient (Wildman–Crippen LogP) is 3.28. The number of hydrogen-bond acceptors (Lipinski definition) is 5. The van der Waals surface area contributed by atoms with Gasteiger partial charge < -0.3 is 20.3 Å². The van der Waals surface area contributed by atoms with Gasteiger partial charge in [0.15, 0.2) is 0 Å². The molecule has 2 heterocycles. The number of urea groups is 1. The van der Waals surface area contributed by atoms with Crippen LogP contribution in [0.15, 0.2) is 30.3 Å². The van der Waals surface area contributed by atoms with E-state index in [1.165, 1.54) is 0 Å². The highest BCUT2D eigenvalue weighted by atomic mass is 16.5. The van der Waals surface area contributed by atoms with Gasteiger partial charge in [0, 0.05) is 30.5 Å². The molecular formula is C20H27N5O2. The van der Waals surface area contributed by atoms with Crippen molar-refractivity contribution in [2.45, 2.75) is 39.7 Å². The Labute approximate surface area is 160 Å². The van der Waals surface area contributed by atoms with Crippen molar-refractivity contribution in [3.05, 3.63) is 41.7 Å². The maximum absolute atomic E-state index is 12.4. The van der Waals surface area contributed by atoms with Crippen LogP contribution in [0.1, 0.15) is 31.2 Å². The molecule has 1 aromatic heterocycles. The molecule has 2 aromatic rings. The molecule has 27 heavy (non-hydrogen) atoms. The van der Waals surface area contributed by atoms with Gasteiger partial charge in [-0.05, 0) is 51.8 Å². The molecule has 1 aromatic carbocycles. The SMILES string of the molecule is CCOc1ccccc1NC(=O)NC1CCN(c2nc(C)cc(C)n2)CC1. The second kappa shape index (κ2) is 8.70. The Bertz CT molecular complexity index is 767. The summed E-state index contributed by atoms with van der Waals surface area (Å²) in [5.74, 6) is 1.46. The average Bonchev–Trinajstić information content (AvgIpc) is 2.63. The summed E-state index contributed by atoms with van der Waals surface area (Å²) in [4.78, 5) is 23.6. The van der Waals surface area contributed by atoms with E-state index in [0.29, 0.717) is 18.0 Å². The summed E-state index contributed by atoms with van der Waals surface area (Å²) in [6, 6.07) is 9.35. The van der Waals surface area contributed by atoms with E-state index in [0.717, 1.165) is 43.3 Å². The van der Waals surface area contributed by atoms with E-state index < -0.39 is 0 Å². The zero-order valence-corrected chi connectivity index (χ0v) is 16.2. The maximum atomic E-state index is 12.4. The van der Waals surface area contributed by atoms with Crippen LogP contribution in [0.5, 0.6) is 5.75 Å². The van der Waals surface area contributed by atoms with E-state index in [1.54, 1.807) is 0 Å². The van der Waals surface area contributed by atoms with Gasteiger partial charge in [0.2, 0.25) is 5.95 Å². The number of benzene rings is 1. The number of amides is 2. The monoisotopic (exact) mass is 369 g/mol. The highest BCUT2D eigenvalue weighted by Crippen LogP contribution is 2.24. The molecule has 7 nitrogen and oxygen atoms in total. The third-order valence-electron chi connectivity index (χ3n) is 4.52. The van der Waals surface area contributed by atoms with Crippen LogP contribution in [0.4, 0.5) is 16.4 Å². The fourth-order valence-electron chi connectivity index (χ4n) is 3.27. The predicted molar refractivity (Wildman–Crippen MR) is 107 cm³/mol. The maximum Gasteiger partial charge on any atom is 0.319 e. The largest absolute Gasteiger partial charge is 0.492 e. The van der Waals surface area contributed by atoms with Crippen molar-refractivity contribution >= 4 is 17.7 Å². The molecule has 1 aliphatic heterocycles. The first-order valence-electron chi connectivity index (χ1n) is 9.41. The number of carbonyl (C=O) groups is 1. The smallest absolute Gasteiger partial charge is 0.319 e. The molecule has 1 saturated heterocycles. The fraction of sp³-hybridized carbons (Fsp3) is 0.450. The summed E-state index contributed by atoms with van der Waals surface area (Å²) in [5.41, 5.74) is 2.63. The Balaban J connectivity index is 1.52. The number of aryl methyl sites for hydroxylation is 2. The molecule has 1 aliphatic rings. The first kappa shape index (κ1) is 18.9. The topological polar surface area (TPSA) is 79.4 Å². The number of anilines is 2. The molecule has 0 unspecified atom stereocenters. The van der Waals surface area contributed by atoms with Crippen molar-refractivity contribution in [1.82, 2.24) is 15.3 Å². The van der Waals surface area contributed by atoms with Gasteiger partial charge in [-0.15, -0.1) is 0 Å². The Hall–Kier alpha value is -2.83. The normalized spacial score (nSPS) is 14.7. The minimum atomic E-state index is -0.205. The molecule has 3 rings (SSSR count). The summed E-state index contributed by atoms with van der Waals surface area (Å²) >= 11 is 0. The van der Waals surface area contributed by atoms with E-state index in [9.17, 15) is 4.79 Å². The second-order valence-corrected chi connectivity index (χ2v) is 6.74. The summed E-state index contributed by atoms with van der Waals surface area (Å²) in [7, 11) is 0. The minimum Gasteiger partial charge on any atom is -0.492 e. The Morgan fingerprint density at radius 2 is 1.85 bits per heavy atom. The summed E-state index contributed by atoms with van der Waals surface area (Å²) in [6.07, 6.45) is 1.72. The number of ether oxygens (including phenoxy) is 1. The van der Waals surface area contributed by atoms with Gasteiger partial charge in [0.1, 0.15) is 5.75 Å². The van der Waals surface area contributed by atoms with Gasteiger partial charge in [0.05, 0.1) is 12.3 Å². The second-order valence-electron chi connectivity index (χ2n) is 6.74. The molecular weight excluding hydrogens is 342 g/mol. The van der Waals surface area contributed by atoms with Gasteiger partial charge in [-0.1, -0.05) is 12.1 Å². The molecule has 144 valence electrons. The van der Waals surface area contributed by atoms with Crippen molar-refractivity contribution in [3.63, 3.8) is 0 Å². The van der Waals surface area contributed by atoms with Crippen LogP contribution in [-0.4, -0.2) is 41.7 Å². The molecule has 0 aliphatic carbocycles. The van der Waals surface area contributed by atoms with Crippen LogP contribution in [-0.2, 0) is 0 Å². The van der Waals surface area contributed by atoms with E-state index in [-0.39, 0.29) is 12.1 Å². The zero-order valence-electron chi connectivity index (χ0n) is 16.2. The standard InChI is InChI=1S/C20H27N5O2/c1-4-27-18-8-6-5-7-17(18)24-20(26)23-16-9-11-25(12-10-16)19-21-14(2)13-15(3)22-19/h5-8,13,16H,4,9-12H2,1-3H3,(H2,23,24,26). The van der Waals surface area contributed by atoms with Crippen LogP contribution in [0.25, 0.3) is 0 Å². The molecule has 0 saturated carbocycles. The van der Waals surface area contributed by atoms with Gasteiger partial charge in [0.25, 0.3) is 0 Å². The highest BCUT2D eigenvalue weighted by molar-refractivity contribution is 5.91. The van der Waals surface area contributed by atoms with Gasteiger partial charge in [-0.3, -0.25) is 0 Å². The molecule has 0 atom stereocenters. The molecule has 1 fully saturated rings. The number of hydrogen-bond donors (Lipinski definition) is 2. The number of piperidine rings is 1. The first-order chi connectivity index (χ1) is 13.0. The number of carbonyl (C=O) groups excluding carboxylic acids is 1. The molecule has 7 heteroatoms. The van der Waals surface area contributed by atoms with Crippen LogP contribution in [0, 0.1) is 13.8 Å². The summed E-state index contributed by atoms with van der Waals surface area (Å²) in [6.45, 7) is 8.09. The number of nitrogens with one attached hydrogen (secondary N) is 2. The molecule has 0 bridgehead atoms. The highest BCUT2D eigenvalue weighted by Gasteiger charge is 2.22. The lowest BCUT2D eigenvalue weighted by molar-refractivity contribution is 0.245. The molecule has 2 amide bonds. The van der Waals surface area contributed by atoms with E-state index >= 15 is 0 Å². The lowest BCUT2D eigenvalue weighted by Gasteiger charge is -2.32. The lowest BCUT2D eigenvalue weighted by atomic mass is 10.1. The first-order valence-corrected chi connectivity index (χ1v) is 9.41. The third kappa shape index (κ3) is 5.09. The van der Waals surface area contributed by atoms with Crippen molar-refractivity contribution in [1.29, 1.82) is 0 Å². The summed E-state index contributed by atoms with van der Waals surface area (Å²) < 4.78 is 5.55. The average molecular weight is 369 g/mol. The Morgan fingerprint density at radius 3 is 2.52 bits per heavy atom. The minimum absolute atomic E-state index is 0.131. The number of aromatic nitrogens is 2. The van der Waals surface area contributed by atoms with E-state index in [4.69, 9.17) is 4.74 Å². The van der Waals surface area contributed by atoms with Crippen LogP contribution >= 0.6 is 0 Å². The molecule has 0 spiro atoms. The van der Waals surface area contributed by atoms with Gasteiger partial charge in [-0.25, -0.2) is 14.8 Å². The Morgan fingerprint density at radius 1 is 1.19 bits per heavy atom.